The summed E-state index contributed by atoms with van der Waals surface area (Å²) in [6.07, 6.45) is -4.86. The molecule has 0 fully saturated rings. The van der Waals surface area contributed by atoms with Crippen LogP contribution in [0.25, 0.3) is 0 Å². The van der Waals surface area contributed by atoms with E-state index in [2.05, 4.69) is 4.98 Å². The Morgan fingerprint density at radius 2 is 1.75 bits per heavy atom. The van der Waals surface area contributed by atoms with Crippen molar-refractivity contribution in [3.63, 3.8) is 0 Å². The number of halogens is 5. The summed E-state index contributed by atoms with van der Waals surface area (Å²) in [7, 11) is 0. The maximum atomic E-state index is 13.2. The van der Waals surface area contributed by atoms with E-state index in [1.54, 1.807) is 0 Å². The van der Waals surface area contributed by atoms with E-state index in [4.69, 9.17) is 11.6 Å². The Hall–Kier alpha value is -1.66. The molecule has 2 rings (SSSR count). The third-order valence-electron chi connectivity index (χ3n) is 2.68. The van der Waals surface area contributed by atoms with E-state index >= 15 is 0 Å². The molecule has 0 radical (unpaired) electrons. The molecule has 1 atom stereocenters. The first-order chi connectivity index (χ1) is 9.29. The van der Waals surface area contributed by atoms with Crippen molar-refractivity contribution in [3.8, 4) is 0 Å². The summed E-state index contributed by atoms with van der Waals surface area (Å²) in [5.74, 6) is -1.39. The van der Waals surface area contributed by atoms with Crippen LogP contribution < -0.4 is 0 Å². The Morgan fingerprint density at radius 3 is 2.35 bits per heavy atom. The molecule has 106 valence electrons. The summed E-state index contributed by atoms with van der Waals surface area (Å²) in [6, 6.07) is 5.07. The summed E-state index contributed by atoms with van der Waals surface area (Å²) < 4.78 is 51.0. The molecule has 1 heterocycles. The zero-order chi connectivity index (χ0) is 14.9. The molecule has 0 bridgehead atoms. The van der Waals surface area contributed by atoms with Gasteiger partial charge in [0.2, 0.25) is 0 Å². The molecule has 1 N–H and O–H groups in total. The van der Waals surface area contributed by atoms with Crippen LogP contribution in [0.2, 0.25) is 5.15 Å². The lowest BCUT2D eigenvalue weighted by atomic mass is 10.00. The highest BCUT2D eigenvalue weighted by atomic mass is 35.5. The van der Waals surface area contributed by atoms with E-state index in [-0.39, 0.29) is 16.3 Å². The Bertz CT molecular complexity index is 630. The van der Waals surface area contributed by atoms with Gasteiger partial charge in [0.05, 0.1) is 5.56 Å². The van der Waals surface area contributed by atoms with E-state index in [1.807, 2.05) is 0 Å². The molecule has 0 saturated carbocycles. The van der Waals surface area contributed by atoms with Crippen molar-refractivity contribution in [1.29, 1.82) is 0 Å². The van der Waals surface area contributed by atoms with Crippen LogP contribution in [0.4, 0.5) is 17.6 Å². The predicted octanol–water partition coefficient (Wildman–Crippen LogP) is 3.97. The highest BCUT2D eigenvalue weighted by Gasteiger charge is 2.34. The first-order valence-corrected chi connectivity index (χ1v) is 5.83. The van der Waals surface area contributed by atoms with Gasteiger partial charge in [0.25, 0.3) is 0 Å². The van der Waals surface area contributed by atoms with Crippen LogP contribution in [-0.4, -0.2) is 10.1 Å². The maximum Gasteiger partial charge on any atom is 0.419 e. The molecular formula is C13H8ClF4NO. The van der Waals surface area contributed by atoms with Gasteiger partial charge >= 0.3 is 6.18 Å². The zero-order valence-corrected chi connectivity index (χ0v) is 10.6. The maximum absolute atomic E-state index is 13.2. The third-order valence-corrected chi connectivity index (χ3v) is 2.88. The second kappa shape index (κ2) is 5.38. The highest BCUT2D eigenvalue weighted by molar-refractivity contribution is 6.29. The lowest BCUT2D eigenvalue weighted by molar-refractivity contribution is -0.140. The van der Waals surface area contributed by atoms with Crippen LogP contribution in [0, 0.1) is 5.82 Å². The number of benzene rings is 1. The van der Waals surface area contributed by atoms with Gasteiger partial charge in [-0.1, -0.05) is 17.7 Å². The zero-order valence-electron chi connectivity index (χ0n) is 9.83. The van der Waals surface area contributed by atoms with Gasteiger partial charge in [-0.05, 0) is 35.4 Å². The number of hydrogen-bond donors (Lipinski definition) is 1. The van der Waals surface area contributed by atoms with Crippen molar-refractivity contribution in [1.82, 2.24) is 4.98 Å². The summed E-state index contributed by atoms with van der Waals surface area (Å²) in [4.78, 5) is 3.70. The summed E-state index contributed by atoms with van der Waals surface area (Å²) in [5.41, 5.74) is -1.24. The summed E-state index contributed by atoms with van der Waals surface area (Å²) in [6.45, 7) is 0. The Labute approximate surface area is 116 Å². The standard InChI is InChI=1S/C13H8ClF4NO/c14-11-6-8(3-4-19-11)12(20)7-1-2-10(15)9(5-7)13(16,17)18/h1-6,12,20H. The van der Waals surface area contributed by atoms with Gasteiger partial charge in [-0.25, -0.2) is 9.37 Å². The van der Waals surface area contributed by atoms with Crippen LogP contribution >= 0.6 is 11.6 Å². The fraction of sp³-hybridized carbons (Fsp3) is 0.154. The Balaban J connectivity index is 2.43. The number of alkyl halides is 3. The number of aliphatic hydroxyl groups is 1. The predicted molar refractivity (Wildman–Crippen MR) is 64.7 cm³/mol. The van der Waals surface area contributed by atoms with Crippen molar-refractivity contribution >= 4 is 11.6 Å². The largest absolute Gasteiger partial charge is 0.419 e. The average Bonchev–Trinajstić information content (AvgIpc) is 2.37. The molecule has 1 aromatic carbocycles. The fourth-order valence-electron chi connectivity index (χ4n) is 1.71. The first-order valence-electron chi connectivity index (χ1n) is 5.45. The van der Waals surface area contributed by atoms with Crippen LogP contribution in [0.3, 0.4) is 0 Å². The van der Waals surface area contributed by atoms with E-state index in [0.717, 1.165) is 6.07 Å². The SMILES string of the molecule is OC(c1ccnc(Cl)c1)c1ccc(F)c(C(F)(F)F)c1. The number of pyridine rings is 1. The average molecular weight is 306 g/mol. The van der Waals surface area contributed by atoms with Crippen LogP contribution in [0.5, 0.6) is 0 Å². The van der Waals surface area contributed by atoms with Crippen molar-refractivity contribution in [2.24, 2.45) is 0 Å². The normalized spacial score (nSPS) is 13.3. The minimum atomic E-state index is -4.82. The van der Waals surface area contributed by atoms with Gasteiger partial charge < -0.3 is 5.11 Å². The molecule has 0 aliphatic carbocycles. The van der Waals surface area contributed by atoms with E-state index in [9.17, 15) is 22.7 Å². The van der Waals surface area contributed by atoms with Crippen LogP contribution in [0.15, 0.2) is 36.5 Å². The third kappa shape index (κ3) is 3.08. The van der Waals surface area contributed by atoms with Crippen molar-refractivity contribution < 1.29 is 22.7 Å². The molecule has 1 unspecified atom stereocenters. The van der Waals surface area contributed by atoms with Crippen molar-refractivity contribution in [3.05, 3.63) is 64.2 Å². The van der Waals surface area contributed by atoms with E-state index in [0.29, 0.717) is 12.1 Å². The minimum absolute atomic E-state index is 0.0824. The van der Waals surface area contributed by atoms with E-state index in [1.165, 1.54) is 18.3 Å². The lowest BCUT2D eigenvalue weighted by Crippen LogP contribution is -2.10. The molecule has 7 heteroatoms. The van der Waals surface area contributed by atoms with Gasteiger partial charge in [0.15, 0.2) is 0 Å². The number of nitrogens with zero attached hydrogens (tertiary/aromatic N) is 1. The number of hydrogen-bond acceptors (Lipinski definition) is 2. The summed E-state index contributed by atoms with van der Waals surface area (Å²) >= 11 is 5.64. The smallest absolute Gasteiger partial charge is 0.384 e. The van der Waals surface area contributed by atoms with Gasteiger partial charge in [-0.3, -0.25) is 0 Å². The van der Waals surface area contributed by atoms with Gasteiger partial charge in [0, 0.05) is 6.20 Å². The topological polar surface area (TPSA) is 33.1 Å². The van der Waals surface area contributed by atoms with Crippen molar-refractivity contribution in [2.75, 3.05) is 0 Å². The number of rotatable bonds is 2. The Morgan fingerprint density at radius 1 is 1.10 bits per heavy atom. The van der Waals surface area contributed by atoms with Crippen LogP contribution in [0.1, 0.15) is 22.8 Å². The van der Waals surface area contributed by atoms with Crippen molar-refractivity contribution in [2.45, 2.75) is 12.3 Å². The van der Waals surface area contributed by atoms with Gasteiger partial charge in [-0.15, -0.1) is 0 Å². The molecule has 0 aliphatic rings. The summed E-state index contributed by atoms with van der Waals surface area (Å²) in [5, 5.41) is 10.1. The van der Waals surface area contributed by atoms with E-state index < -0.39 is 23.7 Å². The lowest BCUT2D eigenvalue weighted by Gasteiger charge is -2.14. The second-order valence-corrected chi connectivity index (χ2v) is 4.44. The fourth-order valence-corrected chi connectivity index (χ4v) is 1.89. The quantitative estimate of drug-likeness (QED) is 0.672. The molecule has 0 amide bonds. The first kappa shape index (κ1) is 14.7. The molecule has 20 heavy (non-hydrogen) atoms. The molecule has 1 aromatic heterocycles. The molecule has 0 spiro atoms. The minimum Gasteiger partial charge on any atom is -0.384 e. The van der Waals surface area contributed by atoms with Gasteiger partial charge in [0.1, 0.15) is 17.1 Å². The molecule has 2 nitrogen and oxygen atoms in total. The highest BCUT2D eigenvalue weighted by Crippen LogP contribution is 2.34. The monoisotopic (exact) mass is 305 g/mol. The second-order valence-electron chi connectivity index (χ2n) is 4.05. The number of aromatic nitrogens is 1. The molecule has 2 aromatic rings. The molecule has 0 saturated heterocycles. The molecule has 0 aliphatic heterocycles. The van der Waals surface area contributed by atoms with Gasteiger partial charge in [-0.2, -0.15) is 13.2 Å². The number of aliphatic hydroxyl groups excluding tert-OH is 1. The molecular weight excluding hydrogens is 298 g/mol. The van der Waals surface area contributed by atoms with Crippen LogP contribution in [-0.2, 0) is 6.18 Å². The Kier molecular flexibility index (Phi) is 3.96.